The summed E-state index contributed by atoms with van der Waals surface area (Å²) in [6, 6.07) is 9.46. The maximum Gasteiger partial charge on any atom is 0.265 e. The van der Waals surface area contributed by atoms with Crippen molar-refractivity contribution in [1.82, 2.24) is 10.2 Å². The molecule has 0 saturated carbocycles. The van der Waals surface area contributed by atoms with E-state index in [0.29, 0.717) is 30.3 Å². The Morgan fingerprint density at radius 2 is 1.81 bits per heavy atom. The molecule has 0 atom stereocenters. The zero-order valence-corrected chi connectivity index (χ0v) is 16.2. The molecule has 0 bridgehead atoms. The molecule has 1 N–H and O–H groups in total. The maximum atomic E-state index is 12.6. The second-order valence-electron chi connectivity index (χ2n) is 5.91. The highest BCUT2D eigenvalue weighted by atomic mass is 32.1. The van der Waals surface area contributed by atoms with Gasteiger partial charge in [-0.25, -0.2) is 0 Å². The molecule has 1 heterocycles. The number of amides is 2. The molecule has 1 fully saturated rings. The summed E-state index contributed by atoms with van der Waals surface area (Å²) in [6.07, 6.45) is 1.55. The number of carbonyl (C=O) groups excluding carboxylic acids is 2. The van der Waals surface area contributed by atoms with Crippen LogP contribution in [-0.2, 0) is 9.59 Å². The maximum absolute atomic E-state index is 12.6. The van der Waals surface area contributed by atoms with E-state index in [1.54, 1.807) is 6.08 Å². The fourth-order valence-electron chi connectivity index (χ4n) is 2.88. The van der Waals surface area contributed by atoms with Crippen molar-refractivity contribution in [2.45, 2.75) is 13.8 Å². The predicted molar refractivity (Wildman–Crippen MR) is 108 cm³/mol. The zero-order valence-electron chi connectivity index (χ0n) is 15.4. The molecule has 6 nitrogen and oxygen atoms in total. The predicted octanol–water partition coefficient (Wildman–Crippen LogP) is 2.89. The van der Waals surface area contributed by atoms with Gasteiger partial charge in [-0.15, -0.1) is 0 Å². The lowest BCUT2D eigenvalue weighted by Crippen LogP contribution is -2.52. The van der Waals surface area contributed by atoms with Crippen LogP contribution >= 0.6 is 12.2 Å². The molecule has 140 valence electrons. The third-order valence-corrected chi connectivity index (χ3v) is 4.57. The third kappa shape index (κ3) is 3.64. The van der Waals surface area contributed by atoms with Gasteiger partial charge in [0.1, 0.15) is 17.1 Å². The number of nitrogens with one attached hydrogen (secondary N) is 1. The number of fused-ring (bicyclic) bond motifs is 1. The monoisotopic (exact) mass is 384 g/mol. The van der Waals surface area contributed by atoms with Gasteiger partial charge in [0.2, 0.25) is 0 Å². The van der Waals surface area contributed by atoms with Crippen molar-refractivity contribution in [3.05, 3.63) is 41.5 Å². The standard InChI is InChI=1S/C20H20N2O4S/c1-4-25-13-8-6-12-7-9-17(26-5-2)15(14(12)10-13)11-16-18(23)21-20(27)22(3)19(16)24/h6-11H,4-5H2,1-3H3,(H,21,23,27). The van der Waals surface area contributed by atoms with Crippen LogP contribution in [-0.4, -0.2) is 42.1 Å². The van der Waals surface area contributed by atoms with Gasteiger partial charge in [-0.05, 0) is 61.1 Å². The Bertz CT molecular complexity index is 963. The Balaban J connectivity index is 2.22. The molecular weight excluding hydrogens is 364 g/mol. The lowest BCUT2D eigenvalue weighted by molar-refractivity contribution is -0.128. The van der Waals surface area contributed by atoms with Crippen molar-refractivity contribution in [1.29, 1.82) is 0 Å². The van der Waals surface area contributed by atoms with Crippen molar-refractivity contribution >= 4 is 46.0 Å². The molecule has 7 heteroatoms. The third-order valence-electron chi connectivity index (χ3n) is 4.20. The molecule has 0 aromatic heterocycles. The number of ether oxygens (including phenoxy) is 2. The fourth-order valence-corrected chi connectivity index (χ4v) is 3.05. The van der Waals surface area contributed by atoms with Crippen molar-refractivity contribution in [3.8, 4) is 11.5 Å². The molecule has 0 unspecified atom stereocenters. The number of rotatable bonds is 5. The first-order valence-electron chi connectivity index (χ1n) is 8.63. The van der Waals surface area contributed by atoms with Crippen LogP contribution in [0.4, 0.5) is 0 Å². The van der Waals surface area contributed by atoms with Gasteiger partial charge in [0.05, 0.1) is 13.2 Å². The summed E-state index contributed by atoms with van der Waals surface area (Å²) in [5, 5.41) is 4.39. The summed E-state index contributed by atoms with van der Waals surface area (Å²) in [5.41, 5.74) is 0.650. The normalized spacial score (nSPS) is 16.0. The molecule has 0 radical (unpaired) electrons. The average molecular weight is 384 g/mol. The van der Waals surface area contributed by atoms with Crippen LogP contribution in [0.1, 0.15) is 19.4 Å². The lowest BCUT2D eigenvalue weighted by Gasteiger charge is -2.25. The molecule has 0 aliphatic carbocycles. The summed E-state index contributed by atoms with van der Waals surface area (Å²) in [5.74, 6) is 0.311. The Labute approximate surface area is 162 Å². The summed E-state index contributed by atoms with van der Waals surface area (Å²) in [6.45, 7) is 4.78. The molecule has 27 heavy (non-hydrogen) atoms. The Hall–Kier alpha value is -2.93. The topological polar surface area (TPSA) is 67.9 Å². The first-order valence-corrected chi connectivity index (χ1v) is 9.04. The summed E-state index contributed by atoms with van der Waals surface area (Å²) in [7, 11) is 1.53. The first kappa shape index (κ1) is 18.8. The number of benzene rings is 2. The lowest BCUT2D eigenvalue weighted by atomic mass is 9.99. The van der Waals surface area contributed by atoms with Crippen LogP contribution in [0.5, 0.6) is 11.5 Å². The summed E-state index contributed by atoms with van der Waals surface area (Å²) >= 11 is 5.00. The summed E-state index contributed by atoms with van der Waals surface area (Å²) in [4.78, 5) is 26.2. The number of thiocarbonyl (C=S) groups is 1. The number of carbonyl (C=O) groups is 2. The van der Waals surface area contributed by atoms with E-state index in [2.05, 4.69) is 5.32 Å². The highest BCUT2D eigenvalue weighted by Gasteiger charge is 2.31. The van der Waals surface area contributed by atoms with Crippen LogP contribution in [0.25, 0.3) is 16.8 Å². The Morgan fingerprint density at radius 1 is 1.11 bits per heavy atom. The van der Waals surface area contributed by atoms with Crippen molar-refractivity contribution in [2.24, 2.45) is 0 Å². The van der Waals surface area contributed by atoms with Crippen molar-refractivity contribution < 1.29 is 19.1 Å². The van der Waals surface area contributed by atoms with E-state index in [9.17, 15) is 9.59 Å². The number of nitrogens with zero attached hydrogens (tertiary/aromatic N) is 1. The van der Waals surface area contributed by atoms with Crippen LogP contribution in [0.3, 0.4) is 0 Å². The number of hydrogen-bond acceptors (Lipinski definition) is 5. The highest BCUT2D eigenvalue weighted by Crippen LogP contribution is 2.33. The van der Waals surface area contributed by atoms with E-state index < -0.39 is 11.8 Å². The Kier molecular flexibility index (Phi) is 5.41. The van der Waals surface area contributed by atoms with Gasteiger partial charge in [0.15, 0.2) is 5.11 Å². The Morgan fingerprint density at radius 3 is 2.52 bits per heavy atom. The van der Waals surface area contributed by atoms with E-state index in [0.717, 1.165) is 10.8 Å². The molecule has 3 rings (SSSR count). The highest BCUT2D eigenvalue weighted by molar-refractivity contribution is 7.80. The largest absolute Gasteiger partial charge is 0.494 e. The number of likely N-dealkylation sites (N-methyl/N-ethyl adjacent to an activating group) is 1. The van der Waals surface area contributed by atoms with E-state index in [4.69, 9.17) is 21.7 Å². The van der Waals surface area contributed by atoms with Gasteiger partial charge in [0, 0.05) is 12.6 Å². The van der Waals surface area contributed by atoms with Crippen molar-refractivity contribution in [3.63, 3.8) is 0 Å². The van der Waals surface area contributed by atoms with Crippen molar-refractivity contribution in [2.75, 3.05) is 20.3 Å². The van der Waals surface area contributed by atoms with Gasteiger partial charge in [0.25, 0.3) is 11.8 Å². The molecular formula is C20H20N2O4S. The minimum atomic E-state index is -0.525. The molecule has 2 aromatic carbocycles. The molecule has 2 aromatic rings. The zero-order chi connectivity index (χ0) is 19.6. The molecule has 1 saturated heterocycles. The minimum Gasteiger partial charge on any atom is -0.494 e. The molecule has 2 amide bonds. The van der Waals surface area contributed by atoms with Crippen LogP contribution < -0.4 is 14.8 Å². The molecule has 1 aliphatic rings. The van der Waals surface area contributed by atoms with E-state index in [1.807, 2.05) is 44.2 Å². The second kappa shape index (κ2) is 7.75. The van der Waals surface area contributed by atoms with Crippen LogP contribution in [0.15, 0.2) is 35.9 Å². The van der Waals surface area contributed by atoms with Gasteiger partial charge >= 0.3 is 0 Å². The quantitative estimate of drug-likeness (QED) is 0.488. The van der Waals surface area contributed by atoms with E-state index in [1.165, 1.54) is 11.9 Å². The minimum absolute atomic E-state index is 0.00126. The molecule has 0 spiro atoms. The van der Waals surface area contributed by atoms with E-state index in [-0.39, 0.29) is 10.7 Å². The SMILES string of the molecule is CCOc1ccc2ccc(OCC)c(C=C3C(=O)NC(=S)N(C)C3=O)c2c1. The first-order chi connectivity index (χ1) is 13.0. The van der Waals surface area contributed by atoms with Gasteiger partial charge in [-0.1, -0.05) is 12.1 Å². The fraction of sp³-hybridized carbons (Fsp3) is 0.250. The molecule has 1 aliphatic heterocycles. The second-order valence-corrected chi connectivity index (χ2v) is 6.29. The van der Waals surface area contributed by atoms with Crippen LogP contribution in [0.2, 0.25) is 0 Å². The van der Waals surface area contributed by atoms with Crippen LogP contribution in [0, 0.1) is 0 Å². The average Bonchev–Trinajstić information content (AvgIpc) is 2.65. The van der Waals surface area contributed by atoms with E-state index >= 15 is 0 Å². The smallest absolute Gasteiger partial charge is 0.265 e. The van der Waals surface area contributed by atoms with Gasteiger partial charge < -0.3 is 9.47 Å². The van der Waals surface area contributed by atoms with Gasteiger partial charge in [-0.3, -0.25) is 19.8 Å². The summed E-state index contributed by atoms with van der Waals surface area (Å²) < 4.78 is 11.3. The number of hydrogen-bond donors (Lipinski definition) is 1. The van der Waals surface area contributed by atoms with Gasteiger partial charge in [-0.2, -0.15) is 0 Å².